The van der Waals surface area contributed by atoms with Gasteiger partial charge in [-0.25, -0.2) is 0 Å². The van der Waals surface area contributed by atoms with E-state index in [0.717, 1.165) is 5.69 Å². The van der Waals surface area contributed by atoms with Crippen molar-refractivity contribution in [1.82, 2.24) is 0 Å². The van der Waals surface area contributed by atoms with E-state index < -0.39 is 0 Å². The third-order valence-corrected chi connectivity index (χ3v) is 5.43. The summed E-state index contributed by atoms with van der Waals surface area (Å²) < 4.78 is 0. The standard InChI is InChI=1S/C17H26N2/c1-14-15(18)6-5-7-16(14)19-12-10-17(11-13-19)8-3-2-4-9-17/h5-7H,2-4,8-13,18H2,1H3. The van der Waals surface area contributed by atoms with Crippen molar-refractivity contribution in [2.24, 2.45) is 5.41 Å². The summed E-state index contributed by atoms with van der Waals surface area (Å²) in [6.07, 6.45) is 10.1. The molecule has 19 heavy (non-hydrogen) atoms. The summed E-state index contributed by atoms with van der Waals surface area (Å²) in [5, 5.41) is 0. The van der Waals surface area contributed by atoms with E-state index in [-0.39, 0.29) is 0 Å². The van der Waals surface area contributed by atoms with Crippen molar-refractivity contribution in [3.8, 4) is 0 Å². The van der Waals surface area contributed by atoms with Crippen LogP contribution in [0.15, 0.2) is 18.2 Å². The van der Waals surface area contributed by atoms with E-state index in [2.05, 4.69) is 24.0 Å². The Kier molecular flexibility index (Phi) is 3.42. The van der Waals surface area contributed by atoms with Gasteiger partial charge in [0.25, 0.3) is 0 Å². The second-order valence-corrected chi connectivity index (χ2v) is 6.54. The Balaban J connectivity index is 1.71. The van der Waals surface area contributed by atoms with Gasteiger partial charge in [-0.3, -0.25) is 0 Å². The van der Waals surface area contributed by atoms with Gasteiger partial charge in [0.2, 0.25) is 0 Å². The maximum Gasteiger partial charge on any atom is 0.0416 e. The maximum atomic E-state index is 6.04. The van der Waals surface area contributed by atoms with Crippen molar-refractivity contribution in [2.75, 3.05) is 23.7 Å². The molecule has 0 atom stereocenters. The summed E-state index contributed by atoms with van der Waals surface area (Å²) in [5.74, 6) is 0. The van der Waals surface area contributed by atoms with Crippen LogP contribution in [0.2, 0.25) is 0 Å². The second kappa shape index (κ2) is 5.07. The molecule has 2 nitrogen and oxygen atoms in total. The summed E-state index contributed by atoms with van der Waals surface area (Å²) in [6, 6.07) is 6.32. The molecule has 0 amide bonds. The van der Waals surface area contributed by atoms with Crippen LogP contribution in [-0.4, -0.2) is 13.1 Å². The number of nitrogens with zero attached hydrogens (tertiary/aromatic N) is 1. The molecule has 2 fully saturated rings. The minimum atomic E-state index is 0.684. The first-order valence-corrected chi connectivity index (χ1v) is 7.80. The van der Waals surface area contributed by atoms with Gasteiger partial charge in [-0.15, -0.1) is 0 Å². The number of hydrogen-bond donors (Lipinski definition) is 1. The zero-order chi connectivity index (χ0) is 13.3. The van der Waals surface area contributed by atoms with Crippen molar-refractivity contribution in [1.29, 1.82) is 0 Å². The number of piperidine rings is 1. The van der Waals surface area contributed by atoms with Crippen LogP contribution in [0.3, 0.4) is 0 Å². The molecule has 1 heterocycles. The summed E-state index contributed by atoms with van der Waals surface area (Å²) in [4.78, 5) is 2.55. The fraction of sp³-hybridized carbons (Fsp3) is 0.647. The van der Waals surface area contributed by atoms with Gasteiger partial charge in [-0.05, 0) is 55.7 Å². The van der Waals surface area contributed by atoms with E-state index >= 15 is 0 Å². The lowest BCUT2D eigenvalue weighted by Crippen LogP contribution is -2.41. The first kappa shape index (κ1) is 12.8. The van der Waals surface area contributed by atoms with E-state index in [1.165, 1.54) is 69.3 Å². The molecule has 1 aliphatic carbocycles. The van der Waals surface area contributed by atoms with Crippen LogP contribution in [0.25, 0.3) is 0 Å². The monoisotopic (exact) mass is 258 g/mol. The Morgan fingerprint density at radius 1 is 1.00 bits per heavy atom. The molecule has 1 saturated heterocycles. The molecule has 0 aromatic heterocycles. The maximum absolute atomic E-state index is 6.04. The largest absolute Gasteiger partial charge is 0.398 e. The minimum Gasteiger partial charge on any atom is -0.398 e. The lowest BCUT2D eigenvalue weighted by atomic mass is 9.68. The van der Waals surface area contributed by atoms with E-state index in [0.29, 0.717) is 5.41 Å². The van der Waals surface area contributed by atoms with Crippen LogP contribution in [0.1, 0.15) is 50.5 Å². The highest BCUT2D eigenvalue weighted by atomic mass is 15.1. The van der Waals surface area contributed by atoms with Crippen molar-refractivity contribution in [3.63, 3.8) is 0 Å². The van der Waals surface area contributed by atoms with Crippen LogP contribution in [0.5, 0.6) is 0 Å². The molecule has 2 N–H and O–H groups in total. The van der Waals surface area contributed by atoms with Gasteiger partial charge in [0, 0.05) is 24.5 Å². The lowest BCUT2D eigenvalue weighted by Gasteiger charge is -2.45. The van der Waals surface area contributed by atoms with Gasteiger partial charge in [0.05, 0.1) is 0 Å². The molecule has 2 heteroatoms. The molecular weight excluding hydrogens is 232 g/mol. The van der Waals surface area contributed by atoms with Gasteiger partial charge in [-0.2, -0.15) is 0 Å². The zero-order valence-corrected chi connectivity index (χ0v) is 12.1. The third-order valence-electron chi connectivity index (χ3n) is 5.43. The van der Waals surface area contributed by atoms with Crippen LogP contribution in [-0.2, 0) is 0 Å². The Morgan fingerprint density at radius 3 is 2.37 bits per heavy atom. The lowest BCUT2D eigenvalue weighted by molar-refractivity contribution is 0.144. The Bertz CT molecular complexity index is 437. The number of rotatable bonds is 1. The van der Waals surface area contributed by atoms with Crippen molar-refractivity contribution in [3.05, 3.63) is 23.8 Å². The third kappa shape index (κ3) is 2.45. The predicted molar refractivity (Wildman–Crippen MR) is 82.6 cm³/mol. The molecule has 3 rings (SSSR count). The second-order valence-electron chi connectivity index (χ2n) is 6.54. The highest BCUT2D eigenvalue weighted by molar-refractivity contribution is 5.64. The quantitative estimate of drug-likeness (QED) is 0.767. The number of benzene rings is 1. The average molecular weight is 258 g/mol. The first-order valence-electron chi connectivity index (χ1n) is 7.80. The van der Waals surface area contributed by atoms with Gasteiger partial charge in [0.15, 0.2) is 0 Å². The molecule has 0 bridgehead atoms. The van der Waals surface area contributed by atoms with E-state index in [1.807, 2.05) is 6.07 Å². The summed E-state index contributed by atoms with van der Waals surface area (Å²) in [6.45, 7) is 4.57. The van der Waals surface area contributed by atoms with Gasteiger partial charge >= 0.3 is 0 Å². The average Bonchev–Trinajstić information content (AvgIpc) is 2.44. The Morgan fingerprint density at radius 2 is 1.68 bits per heavy atom. The van der Waals surface area contributed by atoms with Crippen LogP contribution in [0.4, 0.5) is 11.4 Å². The molecule has 2 aliphatic rings. The number of hydrogen-bond acceptors (Lipinski definition) is 2. The molecule has 1 aromatic rings. The molecule has 1 saturated carbocycles. The fourth-order valence-corrected chi connectivity index (χ4v) is 4.01. The number of anilines is 2. The molecule has 1 spiro atoms. The zero-order valence-electron chi connectivity index (χ0n) is 12.1. The van der Waals surface area contributed by atoms with E-state index in [1.54, 1.807) is 0 Å². The molecular formula is C17H26N2. The van der Waals surface area contributed by atoms with Crippen LogP contribution in [0, 0.1) is 12.3 Å². The topological polar surface area (TPSA) is 29.3 Å². The SMILES string of the molecule is Cc1c(N)cccc1N1CCC2(CCCCC2)CC1. The Labute approximate surface area is 117 Å². The van der Waals surface area contributed by atoms with E-state index in [4.69, 9.17) is 5.73 Å². The Hall–Kier alpha value is -1.18. The smallest absolute Gasteiger partial charge is 0.0416 e. The highest BCUT2D eigenvalue weighted by Crippen LogP contribution is 2.45. The molecule has 0 radical (unpaired) electrons. The van der Waals surface area contributed by atoms with Gasteiger partial charge < -0.3 is 10.6 Å². The number of nitrogens with two attached hydrogens (primary N) is 1. The summed E-state index contributed by atoms with van der Waals surface area (Å²) >= 11 is 0. The first-order chi connectivity index (χ1) is 9.20. The van der Waals surface area contributed by atoms with Gasteiger partial charge in [-0.1, -0.05) is 25.3 Å². The molecule has 1 aliphatic heterocycles. The van der Waals surface area contributed by atoms with Crippen LogP contribution < -0.4 is 10.6 Å². The van der Waals surface area contributed by atoms with E-state index in [9.17, 15) is 0 Å². The summed E-state index contributed by atoms with van der Waals surface area (Å²) in [5.41, 5.74) is 10.3. The van der Waals surface area contributed by atoms with Crippen LogP contribution >= 0.6 is 0 Å². The highest BCUT2D eigenvalue weighted by Gasteiger charge is 2.35. The minimum absolute atomic E-state index is 0.684. The molecule has 0 unspecified atom stereocenters. The fourth-order valence-electron chi connectivity index (χ4n) is 4.01. The predicted octanol–water partition coefficient (Wildman–Crippen LogP) is 4.13. The van der Waals surface area contributed by atoms with Crippen molar-refractivity contribution in [2.45, 2.75) is 51.9 Å². The molecule has 104 valence electrons. The normalized spacial score (nSPS) is 22.7. The molecule has 1 aromatic carbocycles. The number of nitrogen functional groups attached to an aromatic ring is 1. The van der Waals surface area contributed by atoms with Crippen molar-refractivity contribution < 1.29 is 0 Å². The van der Waals surface area contributed by atoms with Gasteiger partial charge in [0.1, 0.15) is 0 Å². The van der Waals surface area contributed by atoms with Crippen molar-refractivity contribution >= 4 is 11.4 Å². The summed E-state index contributed by atoms with van der Waals surface area (Å²) in [7, 11) is 0.